The molecule has 2 aliphatic rings. The van der Waals surface area contributed by atoms with Gasteiger partial charge in [-0.15, -0.1) is 0 Å². The number of hydrogen-bond donors (Lipinski definition) is 4. The second-order valence-corrected chi connectivity index (χ2v) is 8.58. The summed E-state index contributed by atoms with van der Waals surface area (Å²) >= 11 is 0. The second kappa shape index (κ2) is 10.6. The van der Waals surface area contributed by atoms with Crippen molar-refractivity contribution in [2.24, 2.45) is 0 Å². The molecule has 0 radical (unpaired) electrons. The van der Waals surface area contributed by atoms with E-state index in [0.29, 0.717) is 6.04 Å². The van der Waals surface area contributed by atoms with Crippen molar-refractivity contribution in [3.63, 3.8) is 0 Å². The van der Waals surface area contributed by atoms with Crippen molar-refractivity contribution in [1.82, 2.24) is 0 Å². The molecule has 2 unspecified atom stereocenters. The van der Waals surface area contributed by atoms with Crippen LogP contribution in [0.5, 0.6) is 0 Å². The van der Waals surface area contributed by atoms with E-state index in [0.717, 1.165) is 47.0 Å². The highest BCUT2D eigenvalue weighted by Crippen LogP contribution is 2.23. The Balaban J connectivity index is 1.09. The lowest BCUT2D eigenvalue weighted by atomic mass is 10.1. The predicted octanol–water partition coefficient (Wildman–Crippen LogP) is 7.46. The molecule has 0 saturated heterocycles. The number of anilines is 5. The lowest BCUT2D eigenvalue weighted by Gasteiger charge is -2.20. The van der Waals surface area contributed by atoms with Crippen molar-refractivity contribution in [2.75, 3.05) is 21.3 Å². The summed E-state index contributed by atoms with van der Waals surface area (Å²) in [6.07, 6.45) is 17.2. The van der Waals surface area contributed by atoms with E-state index in [1.165, 1.54) is 0 Å². The SMILES string of the molecule is C1=CCC(Nc2ccc(NC3=CCC(Nc4ccc(Nc5ccccc5)cc4)C=C3)cc2)C=C1. The van der Waals surface area contributed by atoms with Gasteiger partial charge in [0.2, 0.25) is 0 Å². The first-order chi connectivity index (χ1) is 16.8. The summed E-state index contributed by atoms with van der Waals surface area (Å²) < 4.78 is 0. The standard InChI is InChI=1S/C30H30N4/c1-3-7-23(8-4-1)31-25-11-15-27(16-12-25)33-29-19-21-30(22-20-29)34-28-17-13-26(14-18-28)32-24-9-5-2-6-10-24/h1-9,11-19,21-22,24,29,31-34H,10,20H2. The summed E-state index contributed by atoms with van der Waals surface area (Å²) in [6.45, 7) is 0. The zero-order valence-corrected chi connectivity index (χ0v) is 19.1. The lowest BCUT2D eigenvalue weighted by molar-refractivity contribution is 0.874. The van der Waals surface area contributed by atoms with Gasteiger partial charge in [0.15, 0.2) is 0 Å². The van der Waals surface area contributed by atoms with Crippen LogP contribution in [0.3, 0.4) is 0 Å². The maximum Gasteiger partial charge on any atom is 0.0483 e. The zero-order chi connectivity index (χ0) is 23.0. The van der Waals surface area contributed by atoms with E-state index >= 15 is 0 Å². The van der Waals surface area contributed by atoms with E-state index in [2.05, 4.69) is 124 Å². The van der Waals surface area contributed by atoms with Crippen molar-refractivity contribution < 1.29 is 0 Å². The van der Waals surface area contributed by atoms with Crippen LogP contribution in [0.2, 0.25) is 0 Å². The molecule has 0 aromatic heterocycles. The fourth-order valence-electron chi connectivity index (χ4n) is 4.09. The Hall–Kier alpha value is -4.18. The zero-order valence-electron chi connectivity index (χ0n) is 19.1. The molecule has 0 heterocycles. The third-order valence-corrected chi connectivity index (χ3v) is 5.91. The molecule has 2 aliphatic carbocycles. The summed E-state index contributed by atoms with van der Waals surface area (Å²) in [5, 5.41) is 14.1. The monoisotopic (exact) mass is 446 g/mol. The van der Waals surface area contributed by atoms with Crippen LogP contribution in [0.4, 0.5) is 28.4 Å². The second-order valence-electron chi connectivity index (χ2n) is 8.58. The highest BCUT2D eigenvalue weighted by atomic mass is 14.9. The van der Waals surface area contributed by atoms with Gasteiger partial charge in [0.25, 0.3) is 0 Å². The molecular formula is C30H30N4. The molecule has 0 spiro atoms. The highest BCUT2D eigenvalue weighted by molar-refractivity contribution is 5.63. The van der Waals surface area contributed by atoms with Crippen LogP contribution in [0.1, 0.15) is 12.8 Å². The average molecular weight is 447 g/mol. The molecule has 0 amide bonds. The van der Waals surface area contributed by atoms with Crippen molar-refractivity contribution in [2.45, 2.75) is 24.9 Å². The molecule has 4 nitrogen and oxygen atoms in total. The molecule has 2 atom stereocenters. The van der Waals surface area contributed by atoms with Gasteiger partial charge in [-0.2, -0.15) is 0 Å². The van der Waals surface area contributed by atoms with Crippen LogP contribution in [-0.2, 0) is 0 Å². The molecule has 0 fully saturated rings. The first-order valence-electron chi connectivity index (χ1n) is 11.8. The van der Waals surface area contributed by atoms with Crippen LogP contribution >= 0.6 is 0 Å². The maximum absolute atomic E-state index is 3.60. The fourth-order valence-corrected chi connectivity index (χ4v) is 4.09. The van der Waals surface area contributed by atoms with Gasteiger partial charge >= 0.3 is 0 Å². The van der Waals surface area contributed by atoms with Crippen molar-refractivity contribution in [1.29, 1.82) is 0 Å². The van der Waals surface area contributed by atoms with Crippen LogP contribution in [-0.4, -0.2) is 12.1 Å². The van der Waals surface area contributed by atoms with E-state index in [-0.39, 0.29) is 6.04 Å². The van der Waals surface area contributed by atoms with Gasteiger partial charge in [-0.25, -0.2) is 0 Å². The van der Waals surface area contributed by atoms with Crippen molar-refractivity contribution in [3.8, 4) is 0 Å². The summed E-state index contributed by atoms with van der Waals surface area (Å²) in [5.74, 6) is 0. The summed E-state index contributed by atoms with van der Waals surface area (Å²) in [6, 6.07) is 27.8. The Morgan fingerprint density at radius 1 is 0.529 bits per heavy atom. The molecule has 3 aromatic rings. The van der Waals surface area contributed by atoms with Crippen LogP contribution in [0, 0.1) is 0 Å². The normalized spacial score (nSPS) is 18.8. The van der Waals surface area contributed by atoms with E-state index < -0.39 is 0 Å². The number of benzene rings is 3. The Labute approximate surface area is 201 Å². The van der Waals surface area contributed by atoms with Gasteiger partial charge < -0.3 is 21.3 Å². The van der Waals surface area contributed by atoms with Gasteiger partial charge in [-0.05, 0) is 79.6 Å². The highest BCUT2D eigenvalue weighted by Gasteiger charge is 2.10. The molecule has 34 heavy (non-hydrogen) atoms. The van der Waals surface area contributed by atoms with E-state index in [9.17, 15) is 0 Å². The van der Waals surface area contributed by atoms with Crippen LogP contribution < -0.4 is 21.3 Å². The largest absolute Gasteiger partial charge is 0.379 e. The predicted molar refractivity (Wildman–Crippen MR) is 146 cm³/mol. The van der Waals surface area contributed by atoms with E-state index in [1.807, 2.05) is 18.2 Å². The number of rotatable bonds is 8. The molecular weight excluding hydrogens is 416 g/mol. The van der Waals surface area contributed by atoms with Gasteiger partial charge in [-0.1, -0.05) is 54.7 Å². The smallest absolute Gasteiger partial charge is 0.0483 e. The van der Waals surface area contributed by atoms with Gasteiger partial charge in [0.1, 0.15) is 0 Å². The Kier molecular flexibility index (Phi) is 6.77. The fraction of sp³-hybridized carbons (Fsp3) is 0.133. The minimum Gasteiger partial charge on any atom is -0.379 e. The molecule has 0 saturated carbocycles. The van der Waals surface area contributed by atoms with Crippen molar-refractivity contribution in [3.05, 3.63) is 127 Å². The summed E-state index contributed by atoms with van der Waals surface area (Å²) in [5.41, 5.74) is 6.64. The maximum atomic E-state index is 3.60. The van der Waals surface area contributed by atoms with E-state index in [1.54, 1.807) is 0 Å². The number of para-hydroxylation sites is 1. The first-order valence-corrected chi connectivity index (χ1v) is 11.8. The van der Waals surface area contributed by atoms with Gasteiger partial charge in [0, 0.05) is 46.2 Å². The number of allylic oxidation sites excluding steroid dienone is 3. The first kappa shape index (κ1) is 21.7. The number of hydrogen-bond acceptors (Lipinski definition) is 4. The quantitative estimate of drug-likeness (QED) is 0.290. The van der Waals surface area contributed by atoms with E-state index in [4.69, 9.17) is 0 Å². The average Bonchev–Trinajstić information content (AvgIpc) is 2.89. The molecule has 3 aromatic carbocycles. The molecule has 5 rings (SSSR count). The molecule has 4 heteroatoms. The van der Waals surface area contributed by atoms with Gasteiger partial charge in [0.05, 0.1) is 0 Å². The van der Waals surface area contributed by atoms with Crippen LogP contribution in [0.15, 0.2) is 127 Å². The third kappa shape index (κ3) is 5.99. The molecule has 0 aliphatic heterocycles. The topological polar surface area (TPSA) is 48.1 Å². The Morgan fingerprint density at radius 2 is 1.12 bits per heavy atom. The van der Waals surface area contributed by atoms with Crippen LogP contribution in [0.25, 0.3) is 0 Å². The summed E-state index contributed by atoms with van der Waals surface area (Å²) in [4.78, 5) is 0. The van der Waals surface area contributed by atoms with Gasteiger partial charge in [-0.3, -0.25) is 0 Å². The van der Waals surface area contributed by atoms with Crippen molar-refractivity contribution >= 4 is 28.4 Å². The Morgan fingerprint density at radius 3 is 1.71 bits per heavy atom. The Bertz CT molecular complexity index is 1190. The number of nitrogens with one attached hydrogen (secondary N) is 4. The third-order valence-electron chi connectivity index (χ3n) is 5.91. The minimum absolute atomic E-state index is 0.280. The molecule has 4 N–H and O–H groups in total. The summed E-state index contributed by atoms with van der Waals surface area (Å²) in [7, 11) is 0. The molecule has 170 valence electrons. The lowest BCUT2D eigenvalue weighted by Crippen LogP contribution is -2.19. The minimum atomic E-state index is 0.280. The molecule has 0 bridgehead atoms.